The zero-order valence-corrected chi connectivity index (χ0v) is 16.2. The summed E-state index contributed by atoms with van der Waals surface area (Å²) in [6.45, 7) is 2.12. The summed E-state index contributed by atoms with van der Waals surface area (Å²) in [6, 6.07) is 18.4. The summed E-state index contributed by atoms with van der Waals surface area (Å²) in [7, 11) is 1.76. The number of alkyl halides is 3. The predicted octanol–water partition coefficient (Wildman–Crippen LogP) is 7.28. The van der Waals surface area contributed by atoms with Crippen molar-refractivity contribution in [1.29, 1.82) is 0 Å². The topological polar surface area (TPSA) is 12.5 Å². The van der Waals surface area contributed by atoms with Crippen LogP contribution in [0, 0.1) is 0 Å². The van der Waals surface area contributed by atoms with Crippen molar-refractivity contribution in [1.82, 2.24) is 0 Å². The fraction of sp³-hybridized carbons (Fsp3) is 0.182. The lowest BCUT2D eigenvalue weighted by molar-refractivity contribution is -0.274. The summed E-state index contributed by atoms with van der Waals surface area (Å²) in [4.78, 5) is 1.75. The number of hydrogen-bond acceptors (Lipinski definition) is 3. The molecule has 144 valence electrons. The van der Waals surface area contributed by atoms with Gasteiger partial charge in [-0.25, -0.2) is 0 Å². The highest BCUT2D eigenvalue weighted by Crippen LogP contribution is 2.44. The first-order valence-corrected chi connectivity index (χ1v) is 9.72. The fourth-order valence-corrected chi connectivity index (χ4v) is 4.91. The minimum atomic E-state index is -4.74. The molecule has 0 fully saturated rings. The third-order valence-corrected chi connectivity index (χ3v) is 6.10. The molecule has 0 aliphatic rings. The third kappa shape index (κ3) is 3.29. The highest BCUT2D eigenvalue weighted by atomic mass is 32.1. The molecule has 28 heavy (non-hydrogen) atoms. The number of thiophene rings is 1. The molecule has 0 unspecified atom stereocenters. The van der Waals surface area contributed by atoms with E-state index in [4.69, 9.17) is 0 Å². The van der Waals surface area contributed by atoms with Crippen LogP contribution in [0.25, 0.3) is 20.2 Å². The summed E-state index contributed by atoms with van der Waals surface area (Å²) in [6.07, 6.45) is -3.81. The van der Waals surface area contributed by atoms with Crippen LogP contribution in [0.15, 0.2) is 60.7 Å². The van der Waals surface area contributed by atoms with E-state index in [0.717, 1.165) is 22.2 Å². The van der Waals surface area contributed by atoms with Crippen molar-refractivity contribution in [2.24, 2.45) is 0 Å². The van der Waals surface area contributed by atoms with E-state index in [0.29, 0.717) is 5.69 Å². The van der Waals surface area contributed by atoms with Crippen molar-refractivity contribution in [3.8, 4) is 5.75 Å². The van der Waals surface area contributed by atoms with Gasteiger partial charge in [-0.15, -0.1) is 24.5 Å². The number of nitrogens with zero attached hydrogens (tertiary/aromatic N) is 1. The Morgan fingerprint density at radius 2 is 1.50 bits per heavy atom. The Morgan fingerprint density at radius 1 is 0.857 bits per heavy atom. The van der Waals surface area contributed by atoms with E-state index >= 15 is 0 Å². The van der Waals surface area contributed by atoms with Gasteiger partial charge in [0.25, 0.3) is 0 Å². The van der Waals surface area contributed by atoms with Crippen molar-refractivity contribution in [3.63, 3.8) is 0 Å². The maximum Gasteiger partial charge on any atom is 0.573 e. The van der Waals surface area contributed by atoms with E-state index in [-0.39, 0.29) is 5.75 Å². The third-order valence-electron chi connectivity index (χ3n) is 4.78. The largest absolute Gasteiger partial charge is 0.573 e. The van der Waals surface area contributed by atoms with Crippen LogP contribution in [0.4, 0.5) is 24.5 Å². The van der Waals surface area contributed by atoms with Crippen LogP contribution >= 0.6 is 11.3 Å². The van der Waals surface area contributed by atoms with Crippen molar-refractivity contribution < 1.29 is 17.9 Å². The van der Waals surface area contributed by atoms with Crippen LogP contribution < -0.4 is 9.64 Å². The van der Waals surface area contributed by atoms with E-state index < -0.39 is 6.36 Å². The number of ether oxygens (including phenoxy) is 1. The van der Waals surface area contributed by atoms with E-state index in [1.165, 1.54) is 27.8 Å². The van der Waals surface area contributed by atoms with Crippen LogP contribution in [-0.4, -0.2) is 13.4 Å². The Morgan fingerprint density at radius 3 is 2.21 bits per heavy atom. The minimum Gasteiger partial charge on any atom is -0.404 e. The van der Waals surface area contributed by atoms with Crippen LogP contribution in [-0.2, 0) is 6.42 Å². The number of fused-ring (bicyclic) bond motifs is 3. The number of anilines is 2. The molecule has 0 saturated heterocycles. The van der Waals surface area contributed by atoms with Crippen LogP contribution in [0.2, 0.25) is 0 Å². The molecule has 0 bridgehead atoms. The summed E-state index contributed by atoms with van der Waals surface area (Å²) in [5.74, 6) is -0.218. The van der Waals surface area contributed by atoms with Crippen molar-refractivity contribution >= 4 is 42.9 Å². The lowest BCUT2D eigenvalue weighted by atomic mass is 10.1. The molecular formula is C22H18F3NOS. The molecule has 6 heteroatoms. The standard InChI is InChI=1S/C22H18F3NOS/c1-3-14-8-6-9-15-16-10-7-12-18(21(16)28-20(14)15)26(2)17-11-4-5-13-19(17)27-22(23,24)25/h4-13H,3H2,1-2H3. The Balaban J connectivity index is 1.88. The van der Waals surface area contributed by atoms with Gasteiger partial charge in [-0.3, -0.25) is 0 Å². The molecule has 4 rings (SSSR count). The molecule has 0 aliphatic carbocycles. The van der Waals surface area contributed by atoms with Gasteiger partial charge in [0.2, 0.25) is 0 Å². The Hall–Kier alpha value is -2.73. The van der Waals surface area contributed by atoms with Gasteiger partial charge in [-0.2, -0.15) is 0 Å². The Kier molecular flexibility index (Phi) is 4.67. The number of rotatable bonds is 4. The van der Waals surface area contributed by atoms with E-state index in [9.17, 15) is 13.2 Å². The monoisotopic (exact) mass is 401 g/mol. The normalized spacial score (nSPS) is 11.9. The van der Waals surface area contributed by atoms with Crippen molar-refractivity contribution in [2.45, 2.75) is 19.7 Å². The smallest absolute Gasteiger partial charge is 0.404 e. The number of para-hydroxylation sites is 2. The van der Waals surface area contributed by atoms with Gasteiger partial charge < -0.3 is 9.64 Å². The number of hydrogen-bond donors (Lipinski definition) is 0. The molecule has 1 aromatic heterocycles. The average molecular weight is 401 g/mol. The number of benzene rings is 3. The number of halogens is 3. The SMILES string of the molecule is CCc1cccc2c1sc1c(N(C)c3ccccc3OC(F)(F)F)cccc12. The van der Waals surface area contributed by atoms with Gasteiger partial charge in [0.15, 0.2) is 5.75 Å². The second-order valence-electron chi connectivity index (χ2n) is 6.48. The maximum absolute atomic E-state index is 12.8. The highest BCUT2D eigenvalue weighted by molar-refractivity contribution is 7.26. The molecule has 0 N–H and O–H groups in total. The van der Waals surface area contributed by atoms with Crippen molar-refractivity contribution in [2.75, 3.05) is 11.9 Å². The molecule has 0 radical (unpaired) electrons. The van der Waals surface area contributed by atoms with Crippen molar-refractivity contribution in [3.05, 3.63) is 66.2 Å². The molecule has 1 heterocycles. The van der Waals surface area contributed by atoms with Crippen LogP contribution in [0.3, 0.4) is 0 Å². The average Bonchev–Trinajstić information content (AvgIpc) is 3.05. The second-order valence-corrected chi connectivity index (χ2v) is 7.50. The fourth-order valence-electron chi connectivity index (χ4n) is 3.48. The quantitative estimate of drug-likeness (QED) is 0.356. The number of aryl methyl sites for hydroxylation is 1. The van der Waals surface area contributed by atoms with Gasteiger partial charge in [0.05, 0.1) is 16.1 Å². The molecule has 0 amide bonds. The molecule has 3 aromatic carbocycles. The first kappa shape index (κ1) is 18.6. The summed E-state index contributed by atoms with van der Waals surface area (Å²) < 4.78 is 45.0. The zero-order chi connectivity index (χ0) is 19.9. The summed E-state index contributed by atoms with van der Waals surface area (Å²) >= 11 is 1.68. The Labute approximate surface area is 164 Å². The molecule has 4 aromatic rings. The first-order chi connectivity index (χ1) is 13.4. The Bertz CT molecular complexity index is 1150. The molecule has 0 spiro atoms. The molecule has 2 nitrogen and oxygen atoms in total. The molecule has 0 atom stereocenters. The lowest BCUT2D eigenvalue weighted by Crippen LogP contribution is -2.19. The summed E-state index contributed by atoms with van der Waals surface area (Å²) in [5.41, 5.74) is 2.48. The van der Waals surface area contributed by atoms with E-state index in [2.05, 4.69) is 35.9 Å². The van der Waals surface area contributed by atoms with Gasteiger partial charge in [-0.1, -0.05) is 49.4 Å². The molecular weight excluding hydrogens is 383 g/mol. The second kappa shape index (κ2) is 7.02. The van der Waals surface area contributed by atoms with E-state index in [1.54, 1.807) is 35.4 Å². The first-order valence-electron chi connectivity index (χ1n) is 8.90. The zero-order valence-electron chi connectivity index (χ0n) is 15.4. The lowest BCUT2D eigenvalue weighted by Gasteiger charge is -2.23. The highest BCUT2D eigenvalue weighted by Gasteiger charge is 2.32. The minimum absolute atomic E-state index is 0.218. The predicted molar refractivity (Wildman–Crippen MR) is 110 cm³/mol. The van der Waals surface area contributed by atoms with Gasteiger partial charge >= 0.3 is 6.36 Å². The van der Waals surface area contributed by atoms with Gasteiger partial charge in [-0.05, 0) is 30.2 Å². The van der Waals surface area contributed by atoms with Crippen LogP contribution in [0.5, 0.6) is 5.75 Å². The van der Waals surface area contributed by atoms with Gasteiger partial charge in [0.1, 0.15) is 0 Å². The van der Waals surface area contributed by atoms with E-state index in [1.807, 2.05) is 12.1 Å². The maximum atomic E-state index is 12.8. The summed E-state index contributed by atoms with van der Waals surface area (Å²) in [5, 5.41) is 2.28. The molecule has 0 saturated carbocycles. The van der Waals surface area contributed by atoms with Crippen LogP contribution in [0.1, 0.15) is 12.5 Å². The van der Waals surface area contributed by atoms with Gasteiger partial charge in [0, 0.05) is 22.5 Å². The molecule has 0 aliphatic heterocycles.